The van der Waals surface area contributed by atoms with Gasteiger partial charge >= 0.3 is 7.12 Å². The van der Waals surface area contributed by atoms with Crippen LogP contribution < -0.4 is 80.6 Å². The second-order valence-corrected chi connectivity index (χ2v) is 40.9. The minimum absolute atomic E-state index is 0. The molecule has 0 radical (unpaired) electrons. The quantitative estimate of drug-likeness (QED) is 0.0333. The number of anilines is 2. The van der Waals surface area contributed by atoms with Gasteiger partial charge in [-0.1, -0.05) is 384 Å². The van der Waals surface area contributed by atoms with Gasteiger partial charge in [0.1, 0.15) is 30.6 Å². The van der Waals surface area contributed by atoms with Crippen LogP contribution in [0.15, 0.2) is 480 Å². The first-order chi connectivity index (χ1) is 65.4. The first-order valence-electron chi connectivity index (χ1n) is 42.7. The Balaban J connectivity index is 0.000000174. The van der Waals surface area contributed by atoms with Crippen molar-refractivity contribution < 1.29 is 39.3 Å². The number of aromatic nitrogens is 9. The van der Waals surface area contributed by atoms with Gasteiger partial charge in [0.25, 0.3) is 0 Å². The number of hydrogen-bond donors (Lipinski definition) is 2. The summed E-state index contributed by atoms with van der Waals surface area (Å²) in [5.74, 6) is 0.910. The van der Waals surface area contributed by atoms with Gasteiger partial charge in [-0.3, -0.25) is 14.6 Å². The summed E-state index contributed by atoms with van der Waals surface area (Å²) in [6, 6.07) is 140. The maximum absolute atomic E-state index is 11.1. The predicted molar refractivity (Wildman–Crippen MR) is 577 cm³/mol. The zero-order valence-electron chi connectivity index (χ0n) is 74.7. The van der Waals surface area contributed by atoms with Gasteiger partial charge in [0.2, 0.25) is 5.24 Å². The summed E-state index contributed by atoms with van der Waals surface area (Å²) in [4.78, 5) is 56.0. The van der Waals surface area contributed by atoms with E-state index in [0.717, 1.165) is 37.9 Å². The van der Waals surface area contributed by atoms with E-state index in [2.05, 4.69) is 425 Å². The van der Waals surface area contributed by atoms with Crippen molar-refractivity contribution in [2.45, 2.75) is 52.7 Å². The normalized spacial score (nSPS) is 11.5. The molecular formula is C111H104BBrCl3N11O4P4Pd. The molecule has 19 rings (SSSR count). The third kappa shape index (κ3) is 35.3. The van der Waals surface area contributed by atoms with Crippen LogP contribution in [0.1, 0.15) is 40.8 Å². The monoisotopic (exact) mass is 2080 g/mol. The van der Waals surface area contributed by atoms with Crippen molar-refractivity contribution in [1.82, 2.24) is 44.9 Å². The molecule has 4 N–H and O–H groups in total. The smallest absolute Gasteiger partial charge is 0.399 e. The van der Waals surface area contributed by atoms with Crippen molar-refractivity contribution >= 4 is 181 Å². The number of hydrogen-bond acceptors (Lipinski definition) is 15. The second kappa shape index (κ2) is 59.1. The average Bonchev–Trinajstić information content (AvgIpc) is 1.62. The van der Waals surface area contributed by atoms with Gasteiger partial charge in [0.05, 0.1) is 27.4 Å². The molecule has 6 aromatic heterocycles. The van der Waals surface area contributed by atoms with E-state index in [9.17, 15) is 9.59 Å². The maximum Gasteiger partial charge on any atom is 0.496 e. The molecule has 15 nitrogen and oxygen atoms in total. The first kappa shape index (κ1) is 108. The molecule has 1 saturated heterocycles. The van der Waals surface area contributed by atoms with Crippen molar-refractivity contribution in [3.05, 3.63) is 485 Å². The van der Waals surface area contributed by atoms with E-state index in [1.54, 1.807) is 67.9 Å². The van der Waals surface area contributed by atoms with Crippen LogP contribution in [-0.2, 0) is 45.7 Å². The van der Waals surface area contributed by atoms with Crippen LogP contribution >= 0.6 is 82.4 Å². The minimum Gasteiger partial charge on any atom is -0.399 e. The summed E-state index contributed by atoms with van der Waals surface area (Å²) in [7, 11) is -2.15. The van der Waals surface area contributed by atoms with Crippen LogP contribution in [0.25, 0.3) is 22.3 Å². The van der Waals surface area contributed by atoms with Gasteiger partial charge < -0.3 is 20.8 Å². The van der Waals surface area contributed by atoms with E-state index in [4.69, 9.17) is 55.6 Å². The van der Waals surface area contributed by atoms with Gasteiger partial charge in [-0.15, -0.1) is 23.2 Å². The molecule has 0 saturated carbocycles. The molecule has 12 aromatic carbocycles. The zero-order chi connectivity index (χ0) is 94.2. The Hall–Kier alpha value is -12.0. The Morgan fingerprint density at radius 3 is 0.713 bits per heavy atom. The van der Waals surface area contributed by atoms with Crippen molar-refractivity contribution in [1.29, 1.82) is 0 Å². The van der Waals surface area contributed by atoms with Crippen LogP contribution in [0.5, 0.6) is 0 Å². The number of halogens is 4. The number of Topliss-reactive ketones (excluding diaryl/α,β-unsaturated/α-hetero) is 1. The first-order valence-corrected chi connectivity index (χ1v) is 50.3. The Morgan fingerprint density at radius 2 is 0.529 bits per heavy atom. The summed E-state index contributed by atoms with van der Waals surface area (Å²) in [6.45, 7) is 8.10. The summed E-state index contributed by atoms with van der Waals surface area (Å²) in [5.41, 5.74) is 15.7. The standard InChI is InChI=1S/4C18H15P.C12H10ClN3O.C11H17BN2O2.C9H8N4.C4H3BrN2.C2H2Cl2O.CH4.Pd/c4*1-4-10-16(11-5-1)19(17-12-6-2-7-13-17)18-14-8-3-9-15-18;13-4-12(17)3-11-2-1-9(7-16-11)10-5-14-8-15-6-10;1-10(2)11(3,4)16-12(15-10)8-5-6-9(13)14-7-8;10-9-2-1-7(5-13-9)8-3-11-6-12-4-8;5-4-1-6-3-7-2-4;3-1-2(4)5;;/h4*1-15H;1-2,5-8H,3-4H2;5-7H,1-4H3,(H2,13,14);1-6H,(H2,10,13);1-3H;1H2;1H4;. The van der Waals surface area contributed by atoms with E-state index >= 15 is 0 Å². The number of rotatable bonds is 19. The molecule has 1 aliphatic rings. The number of benzene rings is 12. The topological polar surface area (TPSA) is 221 Å². The summed E-state index contributed by atoms with van der Waals surface area (Å²) < 4.78 is 12.7. The van der Waals surface area contributed by atoms with Crippen molar-refractivity contribution in [3.63, 3.8) is 0 Å². The van der Waals surface area contributed by atoms with Crippen LogP contribution in [0.2, 0.25) is 0 Å². The van der Waals surface area contributed by atoms with E-state index in [1.807, 2.05) is 52.0 Å². The Labute approximate surface area is 841 Å². The molecule has 0 unspecified atom stereocenters. The van der Waals surface area contributed by atoms with Gasteiger partial charge in [-0.25, -0.2) is 39.9 Å². The molecule has 136 heavy (non-hydrogen) atoms. The molecule has 0 aliphatic carbocycles. The van der Waals surface area contributed by atoms with E-state index in [-0.39, 0.29) is 70.1 Å². The Bertz CT molecular complexity index is 5460. The number of nitrogen functional groups attached to an aromatic ring is 2. The number of nitrogens with zero attached hydrogens (tertiary/aromatic N) is 9. The molecule has 18 aromatic rings. The molecule has 7 heterocycles. The fourth-order valence-electron chi connectivity index (χ4n) is 13.0. The van der Waals surface area contributed by atoms with Gasteiger partial charge in [0, 0.05) is 116 Å². The van der Waals surface area contributed by atoms with E-state index in [1.165, 1.54) is 82.6 Å². The van der Waals surface area contributed by atoms with Crippen LogP contribution in [-0.4, -0.2) is 86.0 Å². The second-order valence-electron chi connectivity index (χ2n) is 30.1. The van der Waals surface area contributed by atoms with Gasteiger partial charge in [0.15, 0.2) is 5.78 Å². The van der Waals surface area contributed by atoms with Crippen LogP contribution in [0.3, 0.4) is 0 Å². The number of pyridine rings is 3. The summed E-state index contributed by atoms with van der Waals surface area (Å²) in [6.07, 6.45) is 20.1. The SMILES string of the molecule is Brc1cncnc1.C.CC1(C)OB(c2ccc(N)nc2)OC1(C)C.Nc1ccc(-c2cncnc2)cn1.O=C(CCl)Cc1ccc(-c2cncnc2)cn1.O=C(Cl)CCl.[Pd].c1ccc(P(c2ccccc2)c2ccccc2)cc1.c1ccc(P(c2ccccc2)c2ccccc2)cc1.c1ccc(P(c2ccccc2)c2ccccc2)cc1.c1ccc(P(c2ccccc2)c2ccccc2)cc1. The largest absolute Gasteiger partial charge is 0.496 e. The molecule has 0 atom stereocenters. The molecule has 688 valence electrons. The van der Waals surface area contributed by atoms with E-state index < -0.39 is 36.9 Å². The van der Waals surface area contributed by atoms with Gasteiger partial charge in [-0.05, 0) is 175 Å². The minimum atomic E-state index is -0.508. The molecular weight excluding hydrogens is 1980 g/mol. The fraction of sp³-hybridized carbons (Fsp3) is 0.0901. The molecule has 0 spiro atoms. The molecule has 25 heteroatoms. The number of carbonyl (C=O) groups excluding carboxylic acids is 2. The predicted octanol–water partition coefficient (Wildman–Crippen LogP) is 20.6. The number of ketones is 1. The van der Waals surface area contributed by atoms with Crippen LogP contribution in [0.4, 0.5) is 11.6 Å². The van der Waals surface area contributed by atoms with Crippen molar-refractivity contribution in [2.24, 2.45) is 0 Å². The summed E-state index contributed by atoms with van der Waals surface area (Å²) in [5, 5.41) is 16.3. The molecule has 0 bridgehead atoms. The molecule has 0 amide bonds. The fourth-order valence-corrected chi connectivity index (χ4v) is 22.5. The number of alkyl halides is 2. The van der Waals surface area contributed by atoms with Crippen molar-refractivity contribution in [2.75, 3.05) is 23.2 Å². The Morgan fingerprint density at radius 1 is 0.309 bits per heavy atom. The maximum atomic E-state index is 11.1. The van der Waals surface area contributed by atoms with Crippen LogP contribution in [0, 0.1) is 0 Å². The zero-order valence-corrected chi connectivity index (χ0v) is 83.6. The van der Waals surface area contributed by atoms with E-state index in [0.29, 0.717) is 11.6 Å². The molecule has 1 aliphatic heterocycles. The van der Waals surface area contributed by atoms with Gasteiger partial charge in [-0.2, -0.15) is 0 Å². The third-order valence-corrected chi connectivity index (χ3v) is 31.1. The summed E-state index contributed by atoms with van der Waals surface area (Å²) >= 11 is 18.2. The number of nitrogens with two attached hydrogens (primary N) is 2. The average molecular weight is 2080 g/mol. The number of carbonyl (C=O) groups is 2. The Kier molecular flexibility index (Phi) is 46.8. The third-order valence-electron chi connectivity index (χ3n) is 20.1. The molecule has 1 fully saturated rings. The van der Waals surface area contributed by atoms with Crippen molar-refractivity contribution in [3.8, 4) is 22.3 Å².